The zero-order valence-electron chi connectivity index (χ0n) is 15.5. The van der Waals surface area contributed by atoms with Crippen LogP contribution >= 0.6 is 0 Å². The van der Waals surface area contributed by atoms with E-state index in [-0.39, 0.29) is 17.4 Å². The summed E-state index contributed by atoms with van der Waals surface area (Å²) in [5.74, 6) is 0.182. The van der Waals surface area contributed by atoms with E-state index >= 15 is 0 Å². The average Bonchev–Trinajstić information content (AvgIpc) is 2.62. The van der Waals surface area contributed by atoms with Gasteiger partial charge in [-0.1, -0.05) is 19.9 Å². The number of H-pyrrole nitrogens is 1. The molecule has 0 bridgehead atoms. The number of nitrogens with one attached hydrogen (secondary N) is 2. The van der Waals surface area contributed by atoms with Gasteiger partial charge in [-0.2, -0.15) is 0 Å². The molecule has 0 unspecified atom stereocenters. The molecule has 1 aliphatic rings. The van der Waals surface area contributed by atoms with Gasteiger partial charge in [-0.25, -0.2) is 0 Å². The molecule has 6 nitrogen and oxygen atoms in total. The number of aromatic amines is 1. The number of amides is 1. The summed E-state index contributed by atoms with van der Waals surface area (Å²) in [4.78, 5) is 29.5. The predicted octanol–water partition coefficient (Wildman–Crippen LogP) is 1.64. The molecule has 1 saturated heterocycles. The Morgan fingerprint density at radius 2 is 2.04 bits per heavy atom. The van der Waals surface area contributed by atoms with Crippen LogP contribution in [0.2, 0.25) is 0 Å². The third kappa shape index (κ3) is 4.71. The van der Waals surface area contributed by atoms with Gasteiger partial charge in [-0.3, -0.25) is 14.5 Å². The van der Waals surface area contributed by atoms with Crippen LogP contribution in [0.25, 0.3) is 10.9 Å². The van der Waals surface area contributed by atoms with Gasteiger partial charge in [0.25, 0.3) is 5.56 Å². The number of aromatic nitrogens is 1. The Bertz CT molecular complexity index is 823. The molecule has 1 amide bonds. The van der Waals surface area contributed by atoms with E-state index in [9.17, 15) is 9.59 Å². The lowest BCUT2D eigenvalue weighted by Gasteiger charge is -2.26. The number of carbonyl (C=O) groups is 1. The molecule has 6 heteroatoms. The van der Waals surface area contributed by atoms with E-state index in [1.54, 1.807) is 0 Å². The van der Waals surface area contributed by atoms with Gasteiger partial charge in [0, 0.05) is 37.3 Å². The number of fused-ring (bicyclic) bond motifs is 1. The number of hydrogen-bond acceptors (Lipinski definition) is 4. The largest absolute Gasteiger partial charge is 0.379 e. The first-order valence-corrected chi connectivity index (χ1v) is 9.25. The predicted molar refractivity (Wildman–Crippen MR) is 103 cm³/mol. The van der Waals surface area contributed by atoms with Gasteiger partial charge in [-0.05, 0) is 35.1 Å². The van der Waals surface area contributed by atoms with Crippen LogP contribution in [-0.2, 0) is 16.0 Å². The lowest BCUT2D eigenvalue weighted by Crippen LogP contribution is -2.41. The molecule has 2 heterocycles. The maximum atomic E-state index is 12.2. The second kappa shape index (κ2) is 8.47. The van der Waals surface area contributed by atoms with Crippen LogP contribution in [0.4, 0.5) is 0 Å². The van der Waals surface area contributed by atoms with Gasteiger partial charge >= 0.3 is 0 Å². The van der Waals surface area contributed by atoms with E-state index in [1.165, 1.54) is 0 Å². The number of nitrogens with zero attached hydrogens (tertiary/aromatic N) is 1. The highest BCUT2D eigenvalue weighted by Gasteiger charge is 2.11. The molecule has 2 N–H and O–H groups in total. The maximum absolute atomic E-state index is 12.2. The first-order valence-electron chi connectivity index (χ1n) is 9.25. The molecule has 26 heavy (non-hydrogen) atoms. The van der Waals surface area contributed by atoms with E-state index in [0.29, 0.717) is 13.0 Å². The molecule has 1 aromatic carbocycles. The smallest absolute Gasteiger partial charge is 0.251 e. The van der Waals surface area contributed by atoms with Crippen molar-refractivity contribution in [3.63, 3.8) is 0 Å². The number of rotatable bonds is 6. The molecule has 1 aromatic heterocycles. The van der Waals surface area contributed by atoms with E-state index in [4.69, 9.17) is 4.74 Å². The molecule has 1 fully saturated rings. The molecule has 2 aromatic rings. The lowest BCUT2D eigenvalue weighted by atomic mass is 10.0. The summed E-state index contributed by atoms with van der Waals surface area (Å²) in [7, 11) is 0. The maximum Gasteiger partial charge on any atom is 0.251 e. The number of carbonyl (C=O) groups excluding carboxylic acids is 1. The number of pyridine rings is 1. The standard InChI is InChI=1S/C20H27N3O3/c1-14(2)17-13-16-11-15(3-4-18(16)22-20(17)25)12-19(24)21-5-6-23-7-9-26-10-8-23/h3-4,11,13-14H,5-10,12H2,1-2H3,(H,21,24)(H,22,25). The van der Waals surface area contributed by atoms with Crippen LogP contribution in [0.15, 0.2) is 29.1 Å². The normalized spacial score (nSPS) is 15.5. The molecule has 0 spiro atoms. The van der Waals surface area contributed by atoms with E-state index in [1.807, 2.05) is 38.1 Å². The Kier molecular flexibility index (Phi) is 6.06. The summed E-state index contributed by atoms with van der Waals surface area (Å²) in [5, 5.41) is 3.95. The first kappa shape index (κ1) is 18.6. The quantitative estimate of drug-likeness (QED) is 0.824. The fourth-order valence-corrected chi connectivity index (χ4v) is 3.24. The monoisotopic (exact) mass is 357 g/mol. The molecular formula is C20H27N3O3. The molecule has 140 valence electrons. The molecule has 0 aliphatic carbocycles. The molecule has 0 atom stereocenters. The second-order valence-corrected chi connectivity index (χ2v) is 7.11. The van der Waals surface area contributed by atoms with Gasteiger partial charge in [-0.15, -0.1) is 0 Å². The Morgan fingerprint density at radius 3 is 2.77 bits per heavy atom. The summed E-state index contributed by atoms with van der Waals surface area (Å²) in [6.45, 7) is 8.90. The highest BCUT2D eigenvalue weighted by Crippen LogP contribution is 2.18. The SMILES string of the molecule is CC(C)c1cc2cc(CC(=O)NCCN3CCOCC3)ccc2[nH]c1=O. The van der Waals surface area contributed by atoms with Gasteiger partial charge in [0.1, 0.15) is 0 Å². The number of morpholine rings is 1. The van der Waals surface area contributed by atoms with Crippen LogP contribution in [-0.4, -0.2) is 55.2 Å². The van der Waals surface area contributed by atoms with Crippen molar-refractivity contribution < 1.29 is 9.53 Å². The fraction of sp³-hybridized carbons (Fsp3) is 0.500. The minimum atomic E-state index is -0.0406. The summed E-state index contributed by atoms with van der Waals surface area (Å²) < 4.78 is 5.32. The zero-order chi connectivity index (χ0) is 18.5. The topological polar surface area (TPSA) is 74.4 Å². The molecule has 3 rings (SSSR count). The summed E-state index contributed by atoms with van der Waals surface area (Å²) in [5.41, 5.74) is 2.48. The average molecular weight is 357 g/mol. The van der Waals surface area contributed by atoms with Crippen LogP contribution in [0.3, 0.4) is 0 Å². The number of hydrogen-bond donors (Lipinski definition) is 2. The van der Waals surface area contributed by atoms with Crippen LogP contribution in [0.5, 0.6) is 0 Å². The van der Waals surface area contributed by atoms with Crippen molar-refractivity contribution in [2.75, 3.05) is 39.4 Å². The van der Waals surface area contributed by atoms with E-state index in [0.717, 1.165) is 54.9 Å². The van der Waals surface area contributed by atoms with Gasteiger partial charge in [0.05, 0.1) is 19.6 Å². The Hall–Kier alpha value is -2.18. The van der Waals surface area contributed by atoms with Crippen LogP contribution < -0.4 is 10.9 Å². The Balaban J connectivity index is 1.59. The third-order valence-electron chi connectivity index (χ3n) is 4.78. The first-order chi connectivity index (χ1) is 12.5. The lowest BCUT2D eigenvalue weighted by molar-refractivity contribution is -0.120. The highest BCUT2D eigenvalue weighted by molar-refractivity contribution is 5.83. The van der Waals surface area contributed by atoms with E-state index in [2.05, 4.69) is 15.2 Å². The van der Waals surface area contributed by atoms with Crippen LogP contribution in [0.1, 0.15) is 30.9 Å². The molecule has 0 radical (unpaired) electrons. The molecule has 0 saturated carbocycles. The number of ether oxygens (including phenoxy) is 1. The van der Waals surface area contributed by atoms with Gasteiger partial charge < -0.3 is 15.0 Å². The minimum Gasteiger partial charge on any atom is -0.379 e. The van der Waals surface area contributed by atoms with Crippen molar-refractivity contribution >= 4 is 16.8 Å². The second-order valence-electron chi connectivity index (χ2n) is 7.11. The van der Waals surface area contributed by atoms with Crippen molar-refractivity contribution in [1.29, 1.82) is 0 Å². The Morgan fingerprint density at radius 1 is 1.27 bits per heavy atom. The third-order valence-corrected chi connectivity index (χ3v) is 4.78. The fourth-order valence-electron chi connectivity index (χ4n) is 3.24. The zero-order valence-corrected chi connectivity index (χ0v) is 15.5. The summed E-state index contributed by atoms with van der Waals surface area (Å²) in [6, 6.07) is 7.68. The van der Waals surface area contributed by atoms with Crippen molar-refractivity contribution in [3.05, 3.63) is 45.7 Å². The number of benzene rings is 1. The van der Waals surface area contributed by atoms with Crippen molar-refractivity contribution in [2.45, 2.75) is 26.2 Å². The van der Waals surface area contributed by atoms with Crippen molar-refractivity contribution in [1.82, 2.24) is 15.2 Å². The van der Waals surface area contributed by atoms with Crippen molar-refractivity contribution in [2.24, 2.45) is 0 Å². The van der Waals surface area contributed by atoms with Crippen LogP contribution in [0, 0.1) is 0 Å². The van der Waals surface area contributed by atoms with Gasteiger partial charge in [0.2, 0.25) is 5.91 Å². The molecular weight excluding hydrogens is 330 g/mol. The molecule has 1 aliphatic heterocycles. The Labute approximate surface area is 153 Å². The van der Waals surface area contributed by atoms with E-state index < -0.39 is 0 Å². The highest BCUT2D eigenvalue weighted by atomic mass is 16.5. The van der Waals surface area contributed by atoms with Gasteiger partial charge in [0.15, 0.2) is 0 Å². The minimum absolute atomic E-state index is 0.0196. The van der Waals surface area contributed by atoms with Crippen molar-refractivity contribution in [3.8, 4) is 0 Å². The summed E-state index contributed by atoms with van der Waals surface area (Å²) in [6.07, 6.45) is 0.342. The summed E-state index contributed by atoms with van der Waals surface area (Å²) >= 11 is 0.